The molecule has 1 aromatic heterocycles. The van der Waals surface area contributed by atoms with Crippen molar-refractivity contribution in [3.63, 3.8) is 0 Å². The van der Waals surface area contributed by atoms with Gasteiger partial charge < -0.3 is 4.90 Å². The maximum Gasteiger partial charge on any atom is 0.268 e. The minimum atomic E-state index is -0.316. The number of anilines is 1. The molecule has 25 heavy (non-hydrogen) atoms. The molecule has 0 aliphatic carbocycles. The molecule has 0 fully saturated rings. The van der Waals surface area contributed by atoms with Gasteiger partial charge in [-0.3, -0.25) is 4.79 Å². The lowest BCUT2D eigenvalue weighted by molar-refractivity contribution is 0.0997. The van der Waals surface area contributed by atoms with Crippen molar-refractivity contribution in [1.82, 2.24) is 0 Å². The molecule has 0 unspecified atom stereocenters. The zero-order valence-corrected chi connectivity index (χ0v) is 15.6. The van der Waals surface area contributed by atoms with Gasteiger partial charge in [-0.05, 0) is 48.0 Å². The average molecular weight is 390 g/mol. The summed E-state index contributed by atoms with van der Waals surface area (Å²) in [6.07, 6.45) is 0. The number of benzene rings is 2. The molecule has 0 bridgehead atoms. The Morgan fingerprint density at radius 1 is 1.16 bits per heavy atom. The molecule has 0 saturated carbocycles. The van der Waals surface area contributed by atoms with E-state index in [4.69, 9.17) is 11.6 Å². The van der Waals surface area contributed by atoms with Crippen LogP contribution >= 0.6 is 34.7 Å². The zero-order valence-electron chi connectivity index (χ0n) is 13.3. The predicted molar refractivity (Wildman–Crippen MR) is 103 cm³/mol. The molecule has 1 amide bonds. The van der Waals surface area contributed by atoms with Crippen LogP contribution in [0.25, 0.3) is 10.4 Å². The van der Waals surface area contributed by atoms with E-state index in [2.05, 4.69) is 0 Å². The van der Waals surface area contributed by atoms with Crippen LogP contribution in [-0.2, 0) is 5.75 Å². The molecule has 1 aliphatic rings. The summed E-state index contributed by atoms with van der Waals surface area (Å²) in [5.74, 6) is 0.419. The van der Waals surface area contributed by atoms with Gasteiger partial charge in [0.15, 0.2) is 0 Å². The molecule has 0 N–H and O–H groups in total. The third-order valence-corrected chi connectivity index (χ3v) is 6.65. The van der Waals surface area contributed by atoms with Gasteiger partial charge in [-0.2, -0.15) is 0 Å². The summed E-state index contributed by atoms with van der Waals surface area (Å²) in [5, 5.41) is 0.721. The first kappa shape index (κ1) is 16.6. The molecule has 0 spiro atoms. The van der Waals surface area contributed by atoms with Gasteiger partial charge in [-0.1, -0.05) is 17.7 Å². The zero-order chi connectivity index (χ0) is 17.6. The summed E-state index contributed by atoms with van der Waals surface area (Å²) in [7, 11) is 1.71. The topological polar surface area (TPSA) is 20.3 Å². The van der Waals surface area contributed by atoms with Crippen molar-refractivity contribution in [3.8, 4) is 10.4 Å². The second-order valence-electron chi connectivity index (χ2n) is 5.73. The summed E-state index contributed by atoms with van der Waals surface area (Å²) in [4.78, 5) is 17.3. The Kier molecular flexibility index (Phi) is 4.31. The van der Waals surface area contributed by atoms with E-state index >= 15 is 0 Å². The number of fused-ring (bicyclic) bond motifs is 3. The first-order valence-electron chi connectivity index (χ1n) is 7.62. The summed E-state index contributed by atoms with van der Waals surface area (Å²) in [5.41, 5.74) is 2.96. The van der Waals surface area contributed by atoms with Crippen molar-refractivity contribution in [2.24, 2.45) is 0 Å². The number of nitrogens with zero attached hydrogens (tertiary/aromatic N) is 1. The van der Waals surface area contributed by atoms with E-state index in [1.165, 1.54) is 29.0 Å². The largest absolute Gasteiger partial charge is 0.311 e. The van der Waals surface area contributed by atoms with Gasteiger partial charge in [0, 0.05) is 38.8 Å². The van der Waals surface area contributed by atoms with Crippen molar-refractivity contribution in [1.29, 1.82) is 0 Å². The van der Waals surface area contributed by atoms with Gasteiger partial charge >= 0.3 is 0 Å². The molecule has 0 atom stereocenters. The number of carbonyl (C=O) groups excluding carboxylic acids is 1. The van der Waals surface area contributed by atoms with Crippen LogP contribution in [0.1, 0.15) is 15.2 Å². The maximum absolute atomic E-state index is 13.1. The molecule has 0 saturated heterocycles. The molecule has 1 aliphatic heterocycles. The number of hydrogen-bond acceptors (Lipinski definition) is 3. The molecule has 6 heteroatoms. The fraction of sp³-hybridized carbons (Fsp3) is 0.105. The Morgan fingerprint density at radius 3 is 2.68 bits per heavy atom. The Morgan fingerprint density at radius 2 is 1.92 bits per heavy atom. The lowest BCUT2D eigenvalue weighted by atomic mass is 10.1. The van der Waals surface area contributed by atoms with Gasteiger partial charge in [0.2, 0.25) is 0 Å². The Hall–Kier alpha value is -1.82. The van der Waals surface area contributed by atoms with Crippen molar-refractivity contribution in [3.05, 3.63) is 69.8 Å². The van der Waals surface area contributed by atoms with Crippen LogP contribution in [0.2, 0.25) is 5.02 Å². The van der Waals surface area contributed by atoms with Gasteiger partial charge in [-0.25, -0.2) is 4.39 Å². The fourth-order valence-electron chi connectivity index (χ4n) is 2.78. The summed E-state index contributed by atoms with van der Waals surface area (Å²) >= 11 is 9.31. The van der Waals surface area contributed by atoms with Gasteiger partial charge in [-0.15, -0.1) is 23.1 Å². The summed E-state index contributed by atoms with van der Waals surface area (Å²) in [6, 6.07) is 13.7. The minimum Gasteiger partial charge on any atom is -0.311 e. The average Bonchev–Trinajstić information content (AvgIpc) is 3.05. The highest BCUT2D eigenvalue weighted by atomic mass is 35.5. The van der Waals surface area contributed by atoms with Gasteiger partial charge in [0.1, 0.15) is 5.82 Å². The van der Waals surface area contributed by atoms with Crippen LogP contribution in [0.5, 0.6) is 0 Å². The van der Waals surface area contributed by atoms with Gasteiger partial charge in [0.25, 0.3) is 5.91 Å². The van der Waals surface area contributed by atoms with Crippen LogP contribution in [-0.4, -0.2) is 13.0 Å². The van der Waals surface area contributed by atoms with Crippen molar-refractivity contribution in [2.75, 3.05) is 11.9 Å². The lowest BCUT2D eigenvalue weighted by Gasteiger charge is -2.16. The molecule has 4 rings (SSSR count). The SMILES string of the molecule is CN(C(=O)c1cc2c(s1)-c1ccc(Cl)cc1SC2)c1ccc(F)cc1. The summed E-state index contributed by atoms with van der Waals surface area (Å²) in [6.45, 7) is 0. The van der Waals surface area contributed by atoms with Crippen LogP contribution < -0.4 is 4.90 Å². The Labute approximate surface area is 158 Å². The molecule has 0 radical (unpaired) electrons. The fourth-order valence-corrected chi connectivity index (χ4v) is 5.44. The minimum absolute atomic E-state index is 0.0912. The molecule has 2 nitrogen and oxygen atoms in total. The number of halogens is 2. The maximum atomic E-state index is 13.1. The summed E-state index contributed by atoms with van der Waals surface area (Å²) < 4.78 is 13.1. The number of rotatable bonds is 2. The number of carbonyl (C=O) groups is 1. The van der Waals surface area contributed by atoms with Crippen LogP contribution in [0.15, 0.2) is 53.4 Å². The lowest BCUT2D eigenvalue weighted by Crippen LogP contribution is -2.25. The molecular weight excluding hydrogens is 377 g/mol. The third-order valence-electron chi connectivity index (χ3n) is 4.11. The predicted octanol–water partition coefficient (Wildman–Crippen LogP) is 6.09. The highest BCUT2D eigenvalue weighted by molar-refractivity contribution is 7.98. The molecule has 2 aromatic carbocycles. The van der Waals surface area contributed by atoms with Crippen molar-refractivity contribution >= 4 is 46.3 Å². The van der Waals surface area contributed by atoms with Crippen LogP contribution in [0.3, 0.4) is 0 Å². The van der Waals surface area contributed by atoms with Crippen LogP contribution in [0.4, 0.5) is 10.1 Å². The van der Waals surface area contributed by atoms with E-state index in [0.29, 0.717) is 10.6 Å². The van der Waals surface area contributed by atoms with Crippen LogP contribution in [0, 0.1) is 5.82 Å². The molecule has 2 heterocycles. The highest BCUT2D eigenvalue weighted by Crippen LogP contribution is 2.46. The van der Waals surface area contributed by atoms with E-state index in [0.717, 1.165) is 26.1 Å². The Balaban J connectivity index is 1.68. The number of amides is 1. The van der Waals surface area contributed by atoms with E-state index in [1.54, 1.807) is 35.8 Å². The van der Waals surface area contributed by atoms with E-state index < -0.39 is 0 Å². The van der Waals surface area contributed by atoms with Gasteiger partial charge in [0.05, 0.1) is 4.88 Å². The Bertz CT molecular complexity index is 968. The van der Waals surface area contributed by atoms with E-state index in [9.17, 15) is 9.18 Å². The highest BCUT2D eigenvalue weighted by Gasteiger charge is 2.24. The van der Waals surface area contributed by atoms with E-state index in [-0.39, 0.29) is 11.7 Å². The smallest absolute Gasteiger partial charge is 0.268 e. The first-order chi connectivity index (χ1) is 12.0. The quantitative estimate of drug-likeness (QED) is 0.528. The number of thioether (sulfide) groups is 1. The second-order valence-corrected chi connectivity index (χ2v) is 8.24. The van der Waals surface area contributed by atoms with E-state index in [1.807, 2.05) is 24.3 Å². The first-order valence-corrected chi connectivity index (χ1v) is 9.80. The normalized spacial score (nSPS) is 12.4. The number of thiophene rings is 1. The van der Waals surface area contributed by atoms with Crippen molar-refractivity contribution in [2.45, 2.75) is 10.6 Å². The standard InChI is InChI=1S/C19H13ClFNOS2/c1-22(14-5-3-13(21)4-6-14)19(23)17-8-11-10-24-16-9-12(20)2-7-15(16)18(11)25-17/h2-9H,10H2,1H3. The number of hydrogen-bond donors (Lipinski definition) is 0. The monoisotopic (exact) mass is 389 g/mol. The molecule has 126 valence electrons. The second kappa shape index (κ2) is 6.48. The van der Waals surface area contributed by atoms with Crippen molar-refractivity contribution < 1.29 is 9.18 Å². The molecular formula is C19H13ClFNOS2. The molecule has 3 aromatic rings. The third kappa shape index (κ3) is 3.08.